The normalized spacial score (nSPS) is 10.7. The van der Waals surface area contributed by atoms with Gasteiger partial charge in [0.1, 0.15) is 5.76 Å². The van der Waals surface area contributed by atoms with Crippen LogP contribution in [0.4, 0.5) is 5.13 Å². The molecule has 1 N–H and O–H groups in total. The monoisotopic (exact) mass is 369 g/mol. The molecular formula is C19H19N3O3S. The SMILES string of the molecule is CC(=O)c1sc(NC(=O)CCc2c(C)noc2C)nc1-c1ccccc1. The van der Waals surface area contributed by atoms with Crippen LogP contribution in [0, 0.1) is 13.8 Å². The zero-order chi connectivity index (χ0) is 18.7. The van der Waals surface area contributed by atoms with Crippen LogP contribution in [0.2, 0.25) is 0 Å². The van der Waals surface area contributed by atoms with Gasteiger partial charge in [-0.1, -0.05) is 46.8 Å². The van der Waals surface area contributed by atoms with Crippen molar-refractivity contribution in [2.45, 2.75) is 33.6 Å². The minimum absolute atomic E-state index is 0.0717. The Morgan fingerprint density at radius 2 is 1.92 bits per heavy atom. The number of ketones is 1. The lowest BCUT2D eigenvalue weighted by Crippen LogP contribution is -2.12. The molecule has 0 bridgehead atoms. The fourth-order valence-corrected chi connectivity index (χ4v) is 3.58. The van der Waals surface area contributed by atoms with E-state index in [0.717, 1.165) is 22.6 Å². The van der Waals surface area contributed by atoms with Gasteiger partial charge in [0.2, 0.25) is 5.91 Å². The summed E-state index contributed by atoms with van der Waals surface area (Å²) in [4.78, 5) is 29.2. The Morgan fingerprint density at radius 3 is 2.54 bits per heavy atom. The highest BCUT2D eigenvalue weighted by atomic mass is 32.1. The lowest BCUT2D eigenvalue weighted by atomic mass is 10.1. The minimum atomic E-state index is -0.159. The van der Waals surface area contributed by atoms with Crippen molar-refractivity contribution in [1.82, 2.24) is 10.1 Å². The highest BCUT2D eigenvalue weighted by Crippen LogP contribution is 2.31. The molecule has 26 heavy (non-hydrogen) atoms. The second kappa shape index (κ2) is 7.61. The van der Waals surface area contributed by atoms with Gasteiger partial charge in [-0.3, -0.25) is 9.59 Å². The van der Waals surface area contributed by atoms with Crippen LogP contribution in [0.3, 0.4) is 0 Å². The molecule has 0 unspecified atom stereocenters. The molecule has 0 radical (unpaired) electrons. The Balaban J connectivity index is 1.73. The number of hydrogen-bond acceptors (Lipinski definition) is 6. The summed E-state index contributed by atoms with van der Waals surface area (Å²) in [6.45, 7) is 5.19. The van der Waals surface area contributed by atoms with Gasteiger partial charge in [-0.15, -0.1) is 0 Å². The lowest BCUT2D eigenvalue weighted by molar-refractivity contribution is -0.116. The van der Waals surface area contributed by atoms with Crippen LogP contribution >= 0.6 is 11.3 Å². The largest absolute Gasteiger partial charge is 0.361 e. The molecule has 3 aromatic rings. The molecule has 3 rings (SSSR count). The van der Waals surface area contributed by atoms with Gasteiger partial charge in [0.05, 0.1) is 16.3 Å². The maximum atomic E-state index is 12.3. The summed E-state index contributed by atoms with van der Waals surface area (Å²) < 4.78 is 5.11. The van der Waals surface area contributed by atoms with Crippen LogP contribution in [0.15, 0.2) is 34.9 Å². The van der Waals surface area contributed by atoms with Crippen LogP contribution in [0.25, 0.3) is 11.3 Å². The van der Waals surface area contributed by atoms with Crippen molar-refractivity contribution in [1.29, 1.82) is 0 Å². The van der Waals surface area contributed by atoms with Gasteiger partial charge in [0, 0.05) is 24.5 Å². The third kappa shape index (κ3) is 3.88. The van der Waals surface area contributed by atoms with Crippen LogP contribution in [0.5, 0.6) is 0 Å². The molecule has 0 aliphatic heterocycles. The van der Waals surface area contributed by atoms with Crippen LogP contribution in [0.1, 0.15) is 40.0 Å². The Labute approximate surface area is 155 Å². The van der Waals surface area contributed by atoms with E-state index in [1.54, 1.807) is 0 Å². The van der Waals surface area contributed by atoms with E-state index in [1.165, 1.54) is 18.3 Å². The quantitative estimate of drug-likeness (QED) is 0.659. The van der Waals surface area contributed by atoms with Crippen molar-refractivity contribution in [3.05, 3.63) is 52.2 Å². The first-order valence-electron chi connectivity index (χ1n) is 8.24. The van der Waals surface area contributed by atoms with Gasteiger partial charge in [0.25, 0.3) is 0 Å². The number of Topliss-reactive ketones (excluding diaryl/α,β-unsaturated/α-hetero) is 1. The zero-order valence-corrected chi connectivity index (χ0v) is 15.6. The number of carbonyl (C=O) groups is 2. The average molecular weight is 369 g/mol. The highest BCUT2D eigenvalue weighted by Gasteiger charge is 2.18. The number of hydrogen-bond donors (Lipinski definition) is 1. The van der Waals surface area contributed by atoms with E-state index in [2.05, 4.69) is 15.5 Å². The van der Waals surface area contributed by atoms with Crippen molar-refractivity contribution in [3.63, 3.8) is 0 Å². The fraction of sp³-hybridized carbons (Fsp3) is 0.263. The van der Waals surface area contributed by atoms with E-state index >= 15 is 0 Å². The summed E-state index contributed by atoms with van der Waals surface area (Å²) in [6, 6.07) is 9.47. The van der Waals surface area contributed by atoms with E-state index < -0.39 is 0 Å². The third-order valence-corrected chi connectivity index (χ3v) is 5.10. The predicted molar refractivity (Wildman–Crippen MR) is 100 cm³/mol. The first kappa shape index (κ1) is 18.0. The molecule has 1 aromatic carbocycles. The van der Waals surface area contributed by atoms with E-state index in [4.69, 9.17) is 4.52 Å². The van der Waals surface area contributed by atoms with Gasteiger partial charge in [0.15, 0.2) is 10.9 Å². The second-order valence-corrected chi connectivity index (χ2v) is 6.97. The number of aryl methyl sites for hydroxylation is 2. The van der Waals surface area contributed by atoms with Gasteiger partial charge in [-0.2, -0.15) is 0 Å². The molecular weight excluding hydrogens is 350 g/mol. The van der Waals surface area contributed by atoms with E-state index in [-0.39, 0.29) is 11.7 Å². The first-order valence-corrected chi connectivity index (χ1v) is 9.06. The van der Waals surface area contributed by atoms with Gasteiger partial charge in [-0.25, -0.2) is 4.98 Å². The van der Waals surface area contributed by atoms with Gasteiger partial charge in [-0.05, 0) is 20.3 Å². The van der Waals surface area contributed by atoms with Crippen molar-refractivity contribution in [2.24, 2.45) is 0 Å². The summed E-state index contributed by atoms with van der Waals surface area (Å²) in [5.74, 6) is 0.501. The Kier molecular flexibility index (Phi) is 5.27. The molecule has 0 aliphatic rings. The Morgan fingerprint density at radius 1 is 1.19 bits per heavy atom. The van der Waals surface area contributed by atoms with E-state index in [1.807, 2.05) is 44.2 Å². The first-order chi connectivity index (χ1) is 12.5. The van der Waals surface area contributed by atoms with Crippen LogP contribution in [-0.2, 0) is 11.2 Å². The summed E-state index contributed by atoms with van der Waals surface area (Å²) >= 11 is 1.20. The summed E-state index contributed by atoms with van der Waals surface area (Å²) in [5.41, 5.74) is 3.21. The molecule has 0 spiro atoms. The lowest BCUT2D eigenvalue weighted by Gasteiger charge is -2.01. The fourth-order valence-electron chi connectivity index (χ4n) is 2.68. The number of rotatable bonds is 6. The molecule has 0 aliphatic carbocycles. The number of carbonyl (C=O) groups excluding carboxylic acids is 2. The minimum Gasteiger partial charge on any atom is -0.361 e. The van der Waals surface area contributed by atoms with Crippen molar-refractivity contribution in [3.8, 4) is 11.3 Å². The Hall–Kier alpha value is -2.80. The molecule has 2 heterocycles. The number of anilines is 1. The van der Waals surface area contributed by atoms with Crippen molar-refractivity contribution in [2.75, 3.05) is 5.32 Å². The average Bonchev–Trinajstić information content (AvgIpc) is 3.18. The van der Waals surface area contributed by atoms with E-state index in [9.17, 15) is 9.59 Å². The zero-order valence-electron chi connectivity index (χ0n) is 14.8. The van der Waals surface area contributed by atoms with Crippen molar-refractivity contribution >= 4 is 28.2 Å². The highest BCUT2D eigenvalue weighted by molar-refractivity contribution is 7.18. The number of thiazole rings is 1. The van der Waals surface area contributed by atoms with Crippen LogP contribution in [-0.4, -0.2) is 21.8 Å². The summed E-state index contributed by atoms with van der Waals surface area (Å²) in [6.07, 6.45) is 0.835. The molecule has 2 aromatic heterocycles. The van der Waals surface area contributed by atoms with E-state index in [0.29, 0.717) is 28.5 Å². The predicted octanol–water partition coefficient (Wildman–Crippen LogP) is 4.19. The Bertz CT molecular complexity index is 925. The molecule has 7 heteroatoms. The molecule has 1 amide bonds. The summed E-state index contributed by atoms with van der Waals surface area (Å²) in [5, 5.41) is 7.11. The number of benzene rings is 1. The third-order valence-electron chi connectivity index (χ3n) is 4.02. The van der Waals surface area contributed by atoms with Crippen LogP contribution < -0.4 is 5.32 Å². The standard InChI is InChI=1S/C19H19N3O3S/c1-11-15(13(3)25-22-11)9-10-16(24)20-19-21-17(18(26-19)12(2)23)14-7-5-4-6-8-14/h4-8H,9-10H2,1-3H3,(H,20,21,24). The molecule has 134 valence electrons. The second-order valence-electron chi connectivity index (χ2n) is 5.97. The van der Waals surface area contributed by atoms with Gasteiger partial charge < -0.3 is 9.84 Å². The topological polar surface area (TPSA) is 85.1 Å². The molecule has 0 saturated heterocycles. The number of aromatic nitrogens is 2. The molecule has 0 atom stereocenters. The molecule has 0 fully saturated rings. The smallest absolute Gasteiger partial charge is 0.226 e. The molecule has 6 nitrogen and oxygen atoms in total. The number of amides is 1. The maximum absolute atomic E-state index is 12.3. The van der Waals surface area contributed by atoms with Gasteiger partial charge >= 0.3 is 0 Å². The van der Waals surface area contributed by atoms with Crippen molar-refractivity contribution < 1.29 is 14.1 Å². The summed E-state index contributed by atoms with van der Waals surface area (Å²) in [7, 11) is 0. The maximum Gasteiger partial charge on any atom is 0.226 e. The number of nitrogens with zero attached hydrogens (tertiary/aromatic N) is 2. The molecule has 0 saturated carbocycles. The number of nitrogens with one attached hydrogen (secondary N) is 1.